The fourth-order valence-corrected chi connectivity index (χ4v) is 5.47. The van der Waals surface area contributed by atoms with Crippen molar-refractivity contribution in [3.8, 4) is 11.5 Å². The van der Waals surface area contributed by atoms with Gasteiger partial charge in [-0.2, -0.15) is 0 Å². The predicted octanol–water partition coefficient (Wildman–Crippen LogP) is 6.68. The molecule has 2 aliphatic rings. The largest absolute Gasteiger partial charge is 0.461 e. The van der Waals surface area contributed by atoms with Crippen LogP contribution in [0.1, 0.15) is 47.7 Å². The number of fused-ring (bicyclic) bond motifs is 1. The molecule has 6 rings (SSSR count). The molecule has 2 unspecified atom stereocenters. The molecule has 1 aliphatic heterocycles. The molecule has 0 N–H and O–H groups in total. The van der Waals surface area contributed by atoms with E-state index >= 15 is 0 Å². The number of hydrogen-bond acceptors (Lipinski definition) is 5. The Bertz CT molecular complexity index is 1680. The number of carbonyl (C=O) groups is 3. The number of para-hydroxylation sites is 1. The average molecular weight is 574 g/mol. The van der Waals surface area contributed by atoms with E-state index in [0.717, 1.165) is 23.3 Å². The molecular formula is C36H33N2O5+. The summed E-state index contributed by atoms with van der Waals surface area (Å²) in [6.45, 7) is 2.54. The summed E-state index contributed by atoms with van der Waals surface area (Å²) in [6.07, 6.45) is 0.916. The third kappa shape index (κ3) is 6.41. The van der Waals surface area contributed by atoms with Crippen molar-refractivity contribution in [1.82, 2.24) is 4.90 Å². The summed E-state index contributed by atoms with van der Waals surface area (Å²) in [4.78, 5) is 42.6. The van der Waals surface area contributed by atoms with E-state index in [1.54, 1.807) is 15.5 Å². The monoisotopic (exact) mass is 573 g/mol. The van der Waals surface area contributed by atoms with Gasteiger partial charge in [0.05, 0.1) is 6.07 Å². The van der Waals surface area contributed by atoms with Crippen molar-refractivity contribution in [2.75, 3.05) is 0 Å². The molecule has 1 fully saturated rings. The van der Waals surface area contributed by atoms with Gasteiger partial charge in [0.25, 0.3) is 5.91 Å². The highest BCUT2D eigenvalue weighted by molar-refractivity contribution is 6.03. The van der Waals surface area contributed by atoms with E-state index in [4.69, 9.17) is 9.47 Å². The number of amides is 2. The van der Waals surface area contributed by atoms with Gasteiger partial charge in [0.1, 0.15) is 18.1 Å². The molecule has 2 amide bonds. The summed E-state index contributed by atoms with van der Waals surface area (Å²) in [5, 5.41) is 0. The van der Waals surface area contributed by atoms with E-state index in [9.17, 15) is 14.4 Å². The molecule has 1 saturated carbocycles. The number of rotatable bonds is 10. The first-order valence-electron chi connectivity index (χ1n) is 14.6. The van der Waals surface area contributed by atoms with Gasteiger partial charge in [-0.3, -0.25) is 9.59 Å². The fraction of sp³-hybridized carbons (Fsp3) is 0.222. The molecule has 0 saturated heterocycles. The maximum absolute atomic E-state index is 14.5. The van der Waals surface area contributed by atoms with E-state index in [0.29, 0.717) is 29.3 Å². The summed E-state index contributed by atoms with van der Waals surface area (Å²) in [5.41, 5.74) is 3.98. The molecule has 0 aromatic heterocycles. The summed E-state index contributed by atoms with van der Waals surface area (Å²) in [7, 11) is 0. The van der Waals surface area contributed by atoms with Crippen LogP contribution in [0.5, 0.6) is 11.5 Å². The van der Waals surface area contributed by atoms with Crippen LogP contribution in [0, 0.1) is 5.92 Å². The lowest BCUT2D eigenvalue weighted by Gasteiger charge is -2.24. The molecular weight excluding hydrogens is 540 g/mol. The van der Waals surface area contributed by atoms with E-state index in [1.807, 2.05) is 103 Å². The number of carbonyl (C=O) groups excluding carboxylic acids is 3. The van der Waals surface area contributed by atoms with Crippen LogP contribution in [-0.4, -0.2) is 39.0 Å². The molecule has 7 nitrogen and oxygen atoms in total. The third-order valence-electron chi connectivity index (χ3n) is 7.86. The Kier molecular flexibility index (Phi) is 8.13. The molecule has 4 aromatic rings. The molecule has 216 valence electrons. The van der Waals surface area contributed by atoms with Crippen LogP contribution in [0.15, 0.2) is 109 Å². The lowest BCUT2D eigenvalue weighted by atomic mass is 10.1. The van der Waals surface area contributed by atoms with E-state index in [2.05, 4.69) is 6.92 Å². The Morgan fingerprint density at radius 1 is 0.884 bits per heavy atom. The average Bonchev–Trinajstić information content (AvgIpc) is 3.65. The topological polar surface area (TPSA) is 75.9 Å². The highest BCUT2D eigenvalue weighted by atomic mass is 16.5. The molecule has 2 atom stereocenters. The summed E-state index contributed by atoms with van der Waals surface area (Å²) < 4.78 is 13.3. The molecule has 43 heavy (non-hydrogen) atoms. The van der Waals surface area contributed by atoms with Crippen molar-refractivity contribution < 1.29 is 28.4 Å². The van der Waals surface area contributed by atoms with Crippen LogP contribution in [0.4, 0.5) is 5.69 Å². The van der Waals surface area contributed by atoms with Crippen LogP contribution < -0.4 is 4.74 Å². The molecule has 0 radical (unpaired) electrons. The highest BCUT2D eigenvalue weighted by Crippen LogP contribution is 2.34. The van der Waals surface area contributed by atoms with Gasteiger partial charge in [-0.1, -0.05) is 79.7 Å². The Hall–Kier alpha value is -5.04. The van der Waals surface area contributed by atoms with E-state index in [1.165, 1.54) is 0 Å². The van der Waals surface area contributed by atoms with Gasteiger partial charge in [-0.15, -0.1) is 4.58 Å². The van der Waals surface area contributed by atoms with Crippen LogP contribution >= 0.6 is 0 Å². The Morgan fingerprint density at radius 3 is 2.28 bits per heavy atom. The number of esters is 1. The minimum Gasteiger partial charge on any atom is -0.461 e. The molecule has 7 heteroatoms. The summed E-state index contributed by atoms with van der Waals surface area (Å²) in [5.74, 6) is 0.654. The van der Waals surface area contributed by atoms with Crippen LogP contribution in [0.2, 0.25) is 0 Å². The van der Waals surface area contributed by atoms with Crippen molar-refractivity contribution in [2.24, 2.45) is 5.92 Å². The zero-order valence-electron chi connectivity index (χ0n) is 24.0. The van der Waals surface area contributed by atoms with Gasteiger partial charge < -0.3 is 14.4 Å². The SMILES string of the molecule is CC1CC1=[N+](C(=O)C(CCC(=O)OCc1ccccc1)N1Cc2ccccc2C1=O)c1cccc(Oc2ccccc2)c1. The smallest absolute Gasteiger partial charge is 0.415 e. The number of benzene rings is 4. The van der Waals surface area contributed by atoms with E-state index < -0.39 is 12.0 Å². The first-order chi connectivity index (χ1) is 21.0. The van der Waals surface area contributed by atoms with Gasteiger partial charge in [-0.25, -0.2) is 4.79 Å². The number of ether oxygens (including phenoxy) is 2. The standard InChI is InChI=1S/C36H33N2O5/c1-25-21-33(25)38(28-14-10-17-30(22-28)43-29-15-6-3-7-16-29)36(41)32(37-23-27-13-8-9-18-31(27)35(37)40)19-20-34(39)42-24-26-11-4-2-5-12-26/h2-18,22,25,32H,19-21,23-24H2,1H3/q+1. The van der Waals surface area contributed by atoms with Crippen molar-refractivity contribution >= 4 is 29.2 Å². The second-order valence-corrected chi connectivity index (χ2v) is 11.0. The van der Waals surface area contributed by atoms with Crippen molar-refractivity contribution in [3.05, 3.63) is 126 Å². The summed E-state index contributed by atoms with van der Waals surface area (Å²) >= 11 is 0. The predicted molar refractivity (Wildman–Crippen MR) is 162 cm³/mol. The normalized spacial score (nSPS) is 17.2. The van der Waals surface area contributed by atoms with Gasteiger partial charge >= 0.3 is 11.9 Å². The zero-order chi connectivity index (χ0) is 29.8. The Labute approximate surface area is 251 Å². The first-order valence-corrected chi connectivity index (χ1v) is 14.6. The van der Waals surface area contributed by atoms with Crippen molar-refractivity contribution in [2.45, 2.75) is 45.4 Å². The van der Waals surface area contributed by atoms with Gasteiger partial charge in [0.15, 0.2) is 11.8 Å². The maximum atomic E-state index is 14.5. The van der Waals surface area contributed by atoms with Crippen LogP contribution in [0.25, 0.3) is 0 Å². The van der Waals surface area contributed by atoms with Crippen LogP contribution in [0.3, 0.4) is 0 Å². The molecule has 0 spiro atoms. The molecule has 0 bridgehead atoms. The summed E-state index contributed by atoms with van der Waals surface area (Å²) in [6, 6.07) is 32.9. The molecule has 1 heterocycles. The van der Waals surface area contributed by atoms with Gasteiger partial charge in [-0.05, 0) is 41.8 Å². The fourth-order valence-electron chi connectivity index (χ4n) is 5.47. The van der Waals surface area contributed by atoms with Gasteiger partial charge in [0, 0.05) is 36.9 Å². The number of nitrogens with zero attached hydrogens (tertiary/aromatic N) is 2. The minimum atomic E-state index is -0.858. The number of hydrogen-bond donors (Lipinski definition) is 0. The highest BCUT2D eigenvalue weighted by Gasteiger charge is 2.47. The van der Waals surface area contributed by atoms with Crippen molar-refractivity contribution in [3.63, 3.8) is 0 Å². The van der Waals surface area contributed by atoms with Gasteiger partial charge in [0.2, 0.25) is 5.69 Å². The van der Waals surface area contributed by atoms with E-state index in [-0.39, 0.29) is 37.2 Å². The molecule has 4 aromatic carbocycles. The second-order valence-electron chi connectivity index (χ2n) is 11.0. The Balaban J connectivity index is 1.27. The quantitative estimate of drug-likeness (QED) is 0.156. The zero-order valence-corrected chi connectivity index (χ0v) is 24.0. The van der Waals surface area contributed by atoms with Crippen LogP contribution in [-0.2, 0) is 27.5 Å². The molecule has 1 aliphatic carbocycles. The lowest BCUT2D eigenvalue weighted by molar-refractivity contribution is -0.370. The Morgan fingerprint density at radius 2 is 1.56 bits per heavy atom. The first kappa shape index (κ1) is 28.1. The minimum absolute atomic E-state index is 0.000744. The maximum Gasteiger partial charge on any atom is 0.415 e. The van der Waals surface area contributed by atoms with Crippen molar-refractivity contribution in [1.29, 1.82) is 0 Å². The third-order valence-corrected chi connectivity index (χ3v) is 7.86. The second kappa shape index (κ2) is 12.4. The lowest BCUT2D eigenvalue weighted by Crippen LogP contribution is -2.45.